The molecule has 0 aliphatic carbocycles. The van der Waals surface area contributed by atoms with E-state index in [1.165, 1.54) is 4.90 Å². The van der Waals surface area contributed by atoms with Crippen LogP contribution < -0.4 is 5.32 Å². The first-order valence-electron chi connectivity index (χ1n) is 9.52. The molecule has 0 spiro atoms. The topological polar surface area (TPSA) is 126 Å². The summed E-state index contributed by atoms with van der Waals surface area (Å²) in [6.07, 6.45) is 1.63. The van der Waals surface area contributed by atoms with Gasteiger partial charge in [0.05, 0.1) is 10.3 Å². The first kappa shape index (κ1) is 21.4. The van der Waals surface area contributed by atoms with Gasteiger partial charge in [0, 0.05) is 32.1 Å². The van der Waals surface area contributed by atoms with Crippen LogP contribution in [0.5, 0.6) is 0 Å². The molecule has 1 aromatic carbocycles. The van der Waals surface area contributed by atoms with Gasteiger partial charge in [0.15, 0.2) is 5.82 Å². The highest BCUT2D eigenvalue weighted by atomic mass is 32.2. The summed E-state index contributed by atoms with van der Waals surface area (Å²) in [5.74, 6) is -0.114. The van der Waals surface area contributed by atoms with Crippen molar-refractivity contribution in [2.24, 2.45) is 0 Å². The molecule has 0 saturated heterocycles. The number of fused-ring (bicyclic) bond motifs is 1. The Bertz CT molecular complexity index is 1410. The molecule has 1 amide bonds. The third kappa shape index (κ3) is 4.04. The second-order valence-corrected chi connectivity index (χ2v) is 9.19. The Labute approximate surface area is 183 Å². The van der Waals surface area contributed by atoms with Gasteiger partial charge in [-0.05, 0) is 37.3 Å². The average molecular weight is 457 g/mol. The summed E-state index contributed by atoms with van der Waals surface area (Å²) in [4.78, 5) is 22.0. The van der Waals surface area contributed by atoms with E-state index in [9.17, 15) is 17.6 Å². The van der Waals surface area contributed by atoms with Crippen molar-refractivity contribution in [1.29, 1.82) is 0 Å². The third-order valence-corrected chi connectivity index (χ3v) is 6.28. The Morgan fingerprint density at radius 1 is 1.19 bits per heavy atom. The van der Waals surface area contributed by atoms with Crippen molar-refractivity contribution in [1.82, 2.24) is 29.6 Å². The molecule has 0 atom stereocenters. The fraction of sp³-hybridized carbons (Fsp3) is 0.200. The van der Waals surface area contributed by atoms with Crippen molar-refractivity contribution in [3.05, 3.63) is 54.1 Å². The first-order chi connectivity index (χ1) is 15.1. The smallest absolute Gasteiger partial charge is 0.256 e. The van der Waals surface area contributed by atoms with Gasteiger partial charge in [0.25, 0.3) is 5.16 Å². The number of hydrogen-bond acceptors (Lipinski definition) is 7. The number of sulfone groups is 1. The highest BCUT2D eigenvalue weighted by molar-refractivity contribution is 7.91. The average Bonchev–Trinajstić information content (AvgIpc) is 3.34. The molecular weight excluding hydrogens is 437 g/mol. The Balaban J connectivity index is 1.88. The Morgan fingerprint density at radius 3 is 2.53 bits per heavy atom. The van der Waals surface area contributed by atoms with Crippen molar-refractivity contribution < 1.29 is 17.6 Å². The lowest BCUT2D eigenvalue weighted by Crippen LogP contribution is -2.26. The Kier molecular flexibility index (Phi) is 5.38. The molecule has 0 saturated carbocycles. The maximum Gasteiger partial charge on any atom is 0.256 e. The molecule has 32 heavy (non-hydrogen) atoms. The van der Waals surface area contributed by atoms with Gasteiger partial charge in [-0.25, -0.2) is 12.8 Å². The SMILES string of the molecule is Cc1cc(Nc2nc(S(=O)(=O)c3ccc(F)cc3)nc3c2ccn3CC(=O)N(C)C)n[nH]1. The molecule has 2 N–H and O–H groups in total. The largest absolute Gasteiger partial charge is 0.347 e. The molecule has 4 aromatic rings. The zero-order chi connectivity index (χ0) is 23.0. The third-order valence-electron chi connectivity index (χ3n) is 4.72. The van der Waals surface area contributed by atoms with Crippen LogP contribution >= 0.6 is 0 Å². The molecule has 166 valence electrons. The van der Waals surface area contributed by atoms with E-state index in [1.807, 2.05) is 6.92 Å². The number of carbonyl (C=O) groups is 1. The lowest BCUT2D eigenvalue weighted by molar-refractivity contribution is -0.129. The molecule has 3 aromatic heterocycles. The summed E-state index contributed by atoms with van der Waals surface area (Å²) >= 11 is 0. The molecule has 0 aliphatic heterocycles. The number of aromatic amines is 1. The van der Waals surface area contributed by atoms with Crippen molar-refractivity contribution in [2.45, 2.75) is 23.5 Å². The highest BCUT2D eigenvalue weighted by Gasteiger charge is 2.25. The Morgan fingerprint density at radius 2 is 1.91 bits per heavy atom. The number of hydrogen-bond donors (Lipinski definition) is 2. The van der Waals surface area contributed by atoms with E-state index in [2.05, 4.69) is 25.5 Å². The molecule has 4 rings (SSSR count). The number of nitrogens with zero attached hydrogens (tertiary/aromatic N) is 5. The van der Waals surface area contributed by atoms with E-state index >= 15 is 0 Å². The summed E-state index contributed by atoms with van der Waals surface area (Å²) in [5.41, 5.74) is 1.05. The minimum atomic E-state index is -4.16. The van der Waals surface area contributed by atoms with Gasteiger partial charge in [-0.1, -0.05) is 0 Å². The summed E-state index contributed by atoms with van der Waals surface area (Å²) in [6, 6.07) is 7.82. The number of likely N-dealkylation sites (N-methyl/N-ethyl adjacent to an activating group) is 1. The van der Waals surface area contributed by atoms with Gasteiger partial charge in [-0.15, -0.1) is 0 Å². The van der Waals surface area contributed by atoms with Crippen molar-refractivity contribution in [3.63, 3.8) is 0 Å². The summed E-state index contributed by atoms with van der Waals surface area (Å²) in [5, 5.41) is 9.92. The van der Waals surface area contributed by atoms with Crippen LogP contribution in [0.4, 0.5) is 16.0 Å². The number of nitrogens with one attached hydrogen (secondary N) is 2. The number of benzene rings is 1. The van der Waals surface area contributed by atoms with Gasteiger partial charge in [-0.3, -0.25) is 9.89 Å². The molecule has 12 heteroatoms. The molecule has 3 heterocycles. The predicted molar refractivity (Wildman–Crippen MR) is 115 cm³/mol. The minimum Gasteiger partial charge on any atom is -0.347 e. The fourth-order valence-corrected chi connectivity index (χ4v) is 4.12. The predicted octanol–water partition coefficient (Wildman–Crippen LogP) is 2.27. The van der Waals surface area contributed by atoms with E-state index in [0.717, 1.165) is 30.0 Å². The van der Waals surface area contributed by atoms with Crippen LogP contribution in [0, 0.1) is 12.7 Å². The second kappa shape index (κ2) is 8.04. The molecule has 0 aliphatic rings. The number of anilines is 2. The number of carbonyl (C=O) groups excluding carboxylic acids is 1. The lowest BCUT2D eigenvalue weighted by Gasteiger charge is -2.12. The zero-order valence-electron chi connectivity index (χ0n) is 17.5. The van der Waals surface area contributed by atoms with E-state index in [1.54, 1.807) is 37.0 Å². The van der Waals surface area contributed by atoms with Gasteiger partial charge in [0.2, 0.25) is 15.7 Å². The van der Waals surface area contributed by atoms with Crippen molar-refractivity contribution in [2.75, 3.05) is 19.4 Å². The number of amides is 1. The standard InChI is InChI=1S/C20H20FN7O3S/c1-12-10-16(26-25-12)22-18-15-8-9-28(11-17(29)27(2)3)19(15)24-20(23-18)32(30,31)14-6-4-13(21)5-7-14/h4-10H,11H2,1-3H3,(H2,22,23,24,25,26). The number of rotatable bonds is 6. The maximum atomic E-state index is 13.3. The normalized spacial score (nSPS) is 11.6. The highest BCUT2D eigenvalue weighted by Crippen LogP contribution is 2.28. The fourth-order valence-electron chi connectivity index (χ4n) is 3.00. The van der Waals surface area contributed by atoms with E-state index in [-0.39, 0.29) is 28.8 Å². The first-order valence-corrected chi connectivity index (χ1v) is 11.0. The van der Waals surface area contributed by atoms with Crippen LogP contribution in [-0.2, 0) is 21.2 Å². The Hall–Kier alpha value is -3.80. The van der Waals surface area contributed by atoms with Crippen LogP contribution in [0.3, 0.4) is 0 Å². The molecule has 0 radical (unpaired) electrons. The van der Waals surface area contributed by atoms with Crippen LogP contribution in [0.2, 0.25) is 0 Å². The molecular formula is C20H20FN7O3S. The summed E-state index contributed by atoms with van der Waals surface area (Å²) < 4.78 is 41.2. The van der Waals surface area contributed by atoms with Gasteiger partial charge in [-0.2, -0.15) is 15.1 Å². The summed E-state index contributed by atoms with van der Waals surface area (Å²) in [7, 11) is -0.911. The van der Waals surface area contributed by atoms with E-state index in [4.69, 9.17) is 0 Å². The zero-order valence-corrected chi connectivity index (χ0v) is 18.3. The lowest BCUT2D eigenvalue weighted by atomic mass is 10.3. The quantitative estimate of drug-likeness (QED) is 0.336. The monoisotopic (exact) mass is 457 g/mol. The van der Waals surface area contributed by atoms with Crippen molar-refractivity contribution in [3.8, 4) is 0 Å². The number of aromatic nitrogens is 5. The second-order valence-electron chi connectivity index (χ2n) is 7.34. The van der Waals surface area contributed by atoms with Gasteiger partial charge < -0.3 is 14.8 Å². The number of H-pyrrole nitrogens is 1. The molecule has 0 fully saturated rings. The van der Waals surface area contributed by atoms with Crippen LogP contribution in [0.1, 0.15) is 5.69 Å². The molecule has 0 bridgehead atoms. The number of halogens is 1. The minimum absolute atomic E-state index is 0.0372. The van der Waals surface area contributed by atoms with Crippen LogP contribution in [0.15, 0.2) is 52.6 Å². The van der Waals surface area contributed by atoms with Gasteiger partial charge >= 0.3 is 0 Å². The van der Waals surface area contributed by atoms with Crippen molar-refractivity contribution >= 4 is 38.4 Å². The molecule has 0 unspecified atom stereocenters. The molecule has 10 nitrogen and oxygen atoms in total. The van der Waals surface area contributed by atoms with Crippen LogP contribution in [-0.4, -0.2) is 58.1 Å². The maximum absolute atomic E-state index is 13.3. The van der Waals surface area contributed by atoms with E-state index < -0.39 is 20.8 Å². The van der Waals surface area contributed by atoms with E-state index in [0.29, 0.717) is 11.2 Å². The van der Waals surface area contributed by atoms with Gasteiger partial charge in [0.1, 0.15) is 23.8 Å². The summed E-state index contributed by atoms with van der Waals surface area (Å²) in [6.45, 7) is 1.78. The van der Waals surface area contributed by atoms with Crippen LogP contribution in [0.25, 0.3) is 11.0 Å². The number of aryl methyl sites for hydroxylation is 1.